The van der Waals surface area contributed by atoms with E-state index in [1.165, 1.54) is 6.20 Å². The standard InChI is InChI=1S/C14H12N4O3S/c1-2-15-12(19)9-6-16-11-4-3-8(7-18(9)11)5-10-13(20)17-14(21)22-10/h3-7H,2H2,1H3,(H,15,19)(H,17,20,21). The molecule has 0 atom stereocenters. The summed E-state index contributed by atoms with van der Waals surface area (Å²) in [5.74, 6) is -0.632. The molecule has 8 heteroatoms. The van der Waals surface area contributed by atoms with Gasteiger partial charge in [-0.2, -0.15) is 0 Å². The zero-order valence-electron chi connectivity index (χ0n) is 11.6. The van der Waals surface area contributed by atoms with Gasteiger partial charge in [0.1, 0.15) is 11.3 Å². The van der Waals surface area contributed by atoms with Crippen molar-refractivity contribution in [2.45, 2.75) is 6.92 Å². The van der Waals surface area contributed by atoms with Crippen LogP contribution in [0, 0.1) is 0 Å². The summed E-state index contributed by atoms with van der Waals surface area (Å²) in [5.41, 5.74) is 1.74. The van der Waals surface area contributed by atoms with Gasteiger partial charge in [-0.3, -0.25) is 24.1 Å². The van der Waals surface area contributed by atoms with Gasteiger partial charge in [-0.25, -0.2) is 4.98 Å². The molecule has 0 radical (unpaired) electrons. The van der Waals surface area contributed by atoms with Crippen LogP contribution in [-0.2, 0) is 4.79 Å². The first-order valence-corrected chi connectivity index (χ1v) is 7.40. The number of amides is 3. The van der Waals surface area contributed by atoms with Gasteiger partial charge in [-0.1, -0.05) is 0 Å². The molecule has 0 aromatic carbocycles. The number of imide groups is 1. The van der Waals surface area contributed by atoms with Gasteiger partial charge in [0.05, 0.1) is 11.1 Å². The van der Waals surface area contributed by atoms with Gasteiger partial charge in [-0.15, -0.1) is 0 Å². The molecule has 3 heterocycles. The molecular formula is C14H12N4O3S. The molecule has 112 valence electrons. The summed E-state index contributed by atoms with van der Waals surface area (Å²) in [6, 6.07) is 3.52. The zero-order chi connectivity index (χ0) is 15.7. The molecule has 1 saturated heterocycles. The number of hydrogen-bond donors (Lipinski definition) is 2. The van der Waals surface area contributed by atoms with Crippen molar-refractivity contribution in [1.82, 2.24) is 20.0 Å². The van der Waals surface area contributed by atoms with Gasteiger partial charge in [0.2, 0.25) is 0 Å². The van der Waals surface area contributed by atoms with Gasteiger partial charge in [-0.05, 0) is 42.5 Å². The Morgan fingerprint density at radius 2 is 2.27 bits per heavy atom. The molecule has 2 aromatic rings. The number of thioether (sulfide) groups is 1. The van der Waals surface area contributed by atoms with Crippen molar-refractivity contribution in [1.29, 1.82) is 0 Å². The van der Waals surface area contributed by atoms with Gasteiger partial charge < -0.3 is 5.32 Å². The first-order valence-electron chi connectivity index (χ1n) is 6.58. The van der Waals surface area contributed by atoms with E-state index in [1.54, 1.807) is 28.8 Å². The highest BCUT2D eigenvalue weighted by Gasteiger charge is 2.25. The van der Waals surface area contributed by atoms with Crippen molar-refractivity contribution in [3.05, 3.63) is 40.7 Å². The lowest BCUT2D eigenvalue weighted by Crippen LogP contribution is -2.24. The average Bonchev–Trinajstić information content (AvgIpc) is 3.02. The summed E-state index contributed by atoms with van der Waals surface area (Å²) in [4.78, 5) is 39.2. The van der Waals surface area contributed by atoms with E-state index >= 15 is 0 Å². The Hall–Kier alpha value is -2.61. The number of carbonyl (C=O) groups excluding carboxylic acids is 3. The Balaban J connectivity index is 2.00. The maximum absolute atomic E-state index is 12.0. The predicted molar refractivity (Wildman–Crippen MR) is 82.3 cm³/mol. The predicted octanol–water partition coefficient (Wildman–Crippen LogP) is 1.41. The monoisotopic (exact) mass is 316 g/mol. The van der Waals surface area contributed by atoms with E-state index in [4.69, 9.17) is 0 Å². The second kappa shape index (κ2) is 5.64. The number of aromatic nitrogens is 2. The van der Waals surface area contributed by atoms with Crippen LogP contribution in [0.15, 0.2) is 29.4 Å². The van der Waals surface area contributed by atoms with E-state index in [9.17, 15) is 14.4 Å². The minimum atomic E-state index is -0.412. The van der Waals surface area contributed by atoms with Crippen LogP contribution in [0.2, 0.25) is 0 Å². The summed E-state index contributed by atoms with van der Waals surface area (Å²) >= 11 is 0.852. The third-order valence-electron chi connectivity index (χ3n) is 3.04. The van der Waals surface area contributed by atoms with Crippen molar-refractivity contribution < 1.29 is 14.4 Å². The number of imidazole rings is 1. The molecule has 22 heavy (non-hydrogen) atoms. The van der Waals surface area contributed by atoms with Gasteiger partial charge in [0.15, 0.2) is 0 Å². The average molecular weight is 316 g/mol. The third-order valence-corrected chi connectivity index (χ3v) is 3.85. The summed E-state index contributed by atoms with van der Waals surface area (Å²) in [6.45, 7) is 2.36. The lowest BCUT2D eigenvalue weighted by atomic mass is 10.2. The molecule has 0 aliphatic carbocycles. The fourth-order valence-electron chi connectivity index (χ4n) is 2.07. The van der Waals surface area contributed by atoms with Crippen molar-refractivity contribution in [2.24, 2.45) is 0 Å². The molecule has 2 aromatic heterocycles. The van der Waals surface area contributed by atoms with E-state index in [0.717, 1.165) is 11.8 Å². The first-order chi connectivity index (χ1) is 10.6. The molecule has 0 bridgehead atoms. The van der Waals surface area contributed by atoms with Crippen LogP contribution in [0.1, 0.15) is 23.0 Å². The maximum Gasteiger partial charge on any atom is 0.290 e. The van der Waals surface area contributed by atoms with Crippen LogP contribution in [-0.4, -0.2) is 33.0 Å². The third kappa shape index (κ3) is 2.60. The lowest BCUT2D eigenvalue weighted by Gasteiger charge is -2.03. The minimum Gasteiger partial charge on any atom is -0.351 e. The highest BCUT2D eigenvalue weighted by Crippen LogP contribution is 2.25. The Bertz CT molecular complexity index is 825. The van der Waals surface area contributed by atoms with E-state index in [-0.39, 0.29) is 11.1 Å². The molecule has 2 N–H and O–H groups in total. The van der Waals surface area contributed by atoms with Crippen LogP contribution in [0.5, 0.6) is 0 Å². The Labute approximate surface area is 129 Å². The molecule has 7 nitrogen and oxygen atoms in total. The molecule has 1 aliphatic rings. The van der Waals surface area contributed by atoms with Crippen molar-refractivity contribution >= 4 is 40.5 Å². The van der Waals surface area contributed by atoms with Gasteiger partial charge in [0, 0.05) is 12.7 Å². The number of nitrogens with zero attached hydrogens (tertiary/aromatic N) is 2. The Morgan fingerprint density at radius 1 is 1.45 bits per heavy atom. The number of nitrogens with one attached hydrogen (secondary N) is 2. The molecule has 0 unspecified atom stereocenters. The van der Waals surface area contributed by atoms with Gasteiger partial charge >= 0.3 is 0 Å². The second-order valence-corrected chi connectivity index (χ2v) is 5.56. The number of carbonyl (C=O) groups is 3. The minimum absolute atomic E-state index is 0.219. The van der Waals surface area contributed by atoms with E-state index in [1.807, 2.05) is 6.92 Å². The second-order valence-electron chi connectivity index (χ2n) is 4.55. The van der Waals surface area contributed by atoms with E-state index in [0.29, 0.717) is 28.4 Å². The Morgan fingerprint density at radius 3 is 2.95 bits per heavy atom. The number of hydrogen-bond acceptors (Lipinski definition) is 5. The largest absolute Gasteiger partial charge is 0.351 e. The number of pyridine rings is 1. The fourth-order valence-corrected chi connectivity index (χ4v) is 2.76. The lowest BCUT2D eigenvalue weighted by molar-refractivity contribution is -0.115. The molecule has 0 saturated carbocycles. The Kier molecular flexibility index (Phi) is 3.68. The van der Waals surface area contributed by atoms with Crippen LogP contribution in [0.25, 0.3) is 11.7 Å². The molecule has 1 fully saturated rings. The summed E-state index contributed by atoms with van der Waals surface area (Å²) in [6.07, 6.45) is 4.81. The topological polar surface area (TPSA) is 92.6 Å². The normalized spacial score (nSPS) is 16.3. The smallest absolute Gasteiger partial charge is 0.290 e. The van der Waals surface area contributed by atoms with E-state index < -0.39 is 5.91 Å². The van der Waals surface area contributed by atoms with E-state index in [2.05, 4.69) is 15.6 Å². The molecule has 3 rings (SSSR count). The molecule has 3 amide bonds. The van der Waals surface area contributed by atoms with Crippen molar-refractivity contribution in [2.75, 3.05) is 6.54 Å². The van der Waals surface area contributed by atoms with Gasteiger partial charge in [0.25, 0.3) is 17.1 Å². The highest BCUT2D eigenvalue weighted by molar-refractivity contribution is 8.18. The quantitative estimate of drug-likeness (QED) is 0.835. The van der Waals surface area contributed by atoms with Crippen LogP contribution >= 0.6 is 11.8 Å². The van der Waals surface area contributed by atoms with Crippen molar-refractivity contribution in [3.8, 4) is 0 Å². The summed E-state index contributed by atoms with van der Waals surface area (Å²) in [5, 5.41) is 4.53. The maximum atomic E-state index is 12.0. The number of rotatable bonds is 3. The van der Waals surface area contributed by atoms with Crippen LogP contribution in [0.3, 0.4) is 0 Å². The molecule has 0 spiro atoms. The first kappa shape index (κ1) is 14.3. The van der Waals surface area contributed by atoms with Crippen LogP contribution < -0.4 is 10.6 Å². The highest BCUT2D eigenvalue weighted by atomic mass is 32.2. The zero-order valence-corrected chi connectivity index (χ0v) is 12.4. The molecule has 1 aliphatic heterocycles. The SMILES string of the molecule is CCNC(=O)c1cnc2ccc(C=C3SC(=O)NC3=O)cn12. The summed E-state index contributed by atoms with van der Waals surface area (Å²) in [7, 11) is 0. The van der Waals surface area contributed by atoms with Crippen molar-refractivity contribution in [3.63, 3.8) is 0 Å². The fraction of sp³-hybridized carbons (Fsp3) is 0.143. The summed E-state index contributed by atoms with van der Waals surface area (Å²) < 4.78 is 1.65. The molecular weight excluding hydrogens is 304 g/mol. The van der Waals surface area contributed by atoms with Crippen LogP contribution in [0.4, 0.5) is 4.79 Å². The number of fused-ring (bicyclic) bond motifs is 1.